The molecule has 0 unspecified atom stereocenters. The Morgan fingerprint density at radius 2 is 1.58 bits per heavy atom. The van der Waals surface area contributed by atoms with Crippen molar-refractivity contribution in [2.75, 3.05) is 23.3 Å². The first-order valence-corrected chi connectivity index (χ1v) is 11.2. The molecule has 0 radical (unpaired) electrons. The third kappa shape index (κ3) is 5.64. The van der Waals surface area contributed by atoms with Crippen molar-refractivity contribution in [1.82, 2.24) is 0 Å². The number of nitrogens with one attached hydrogen (secondary N) is 1. The van der Waals surface area contributed by atoms with Crippen molar-refractivity contribution in [3.63, 3.8) is 0 Å². The highest BCUT2D eigenvalue weighted by molar-refractivity contribution is 7.92. The van der Waals surface area contributed by atoms with Crippen LogP contribution in [0.25, 0.3) is 0 Å². The molecule has 0 aliphatic carbocycles. The zero-order valence-corrected chi connectivity index (χ0v) is 18.6. The van der Waals surface area contributed by atoms with Gasteiger partial charge in [-0.05, 0) is 55.5 Å². The molecule has 0 spiro atoms. The van der Waals surface area contributed by atoms with Crippen LogP contribution in [0.2, 0.25) is 0 Å². The number of carbonyl (C=O) groups is 1. The van der Waals surface area contributed by atoms with Crippen LogP contribution >= 0.6 is 0 Å². The van der Waals surface area contributed by atoms with E-state index in [-0.39, 0.29) is 10.6 Å². The van der Waals surface area contributed by atoms with E-state index in [4.69, 9.17) is 4.74 Å². The Morgan fingerprint density at radius 1 is 0.970 bits per heavy atom. The molecule has 1 amide bonds. The third-order valence-electron chi connectivity index (χ3n) is 4.76. The first-order valence-electron chi connectivity index (χ1n) is 9.72. The zero-order chi connectivity index (χ0) is 24.2. The number of para-hydroxylation sites is 1. The average molecular weight is 478 g/mol. The van der Waals surface area contributed by atoms with Crippen molar-refractivity contribution >= 4 is 27.3 Å². The SMILES string of the molecule is COc1ccc(S(=O)(=O)N(CC(=O)Nc2ccccc2C(F)(F)F)c2ccc(C)cc2)cc1. The Balaban J connectivity index is 1.96. The van der Waals surface area contributed by atoms with Crippen LogP contribution in [0.4, 0.5) is 24.5 Å². The first-order chi connectivity index (χ1) is 15.5. The van der Waals surface area contributed by atoms with Crippen LogP contribution in [0, 0.1) is 6.92 Å². The van der Waals surface area contributed by atoms with Crippen molar-refractivity contribution in [1.29, 1.82) is 0 Å². The lowest BCUT2D eigenvalue weighted by Crippen LogP contribution is -2.38. The molecule has 3 aromatic rings. The molecule has 10 heteroatoms. The second-order valence-electron chi connectivity index (χ2n) is 7.11. The summed E-state index contributed by atoms with van der Waals surface area (Å²) < 4.78 is 72.4. The number of alkyl halides is 3. The molecule has 3 aromatic carbocycles. The molecule has 0 aromatic heterocycles. The molecule has 0 atom stereocenters. The maximum Gasteiger partial charge on any atom is 0.418 e. The van der Waals surface area contributed by atoms with Crippen molar-refractivity contribution in [3.05, 3.63) is 83.9 Å². The fourth-order valence-corrected chi connectivity index (χ4v) is 4.48. The summed E-state index contributed by atoms with van der Waals surface area (Å²) in [5, 5.41) is 2.19. The van der Waals surface area contributed by atoms with Gasteiger partial charge in [0.1, 0.15) is 12.3 Å². The van der Waals surface area contributed by atoms with Crippen LogP contribution in [-0.4, -0.2) is 28.0 Å². The highest BCUT2D eigenvalue weighted by Gasteiger charge is 2.34. The van der Waals surface area contributed by atoms with Gasteiger partial charge in [-0.3, -0.25) is 9.10 Å². The molecule has 33 heavy (non-hydrogen) atoms. The maximum atomic E-state index is 13.4. The summed E-state index contributed by atoms with van der Waals surface area (Å²) in [6, 6.07) is 16.4. The lowest BCUT2D eigenvalue weighted by molar-refractivity contribution is -0.137. The minimum atomic E-state index is -4.68. The van der Waals surface area contributed by atoms with Gasteiger partial charge in [-0.2, -0.15) is 13.2 Å². The summed E-state index contributed by atoms with van der Waals surface area (Å²) in [6.45, 7) is 1.08. The molecular weight excluding hydrogens is 457 g/mol. The van der Waals surface area contributed by atoms with E-state index >= 15 is 0 Å². The van der Waals surface area contributed by atoms with E-state index in [2.05, 4.69) is 5.32 Å². The van der Waals surface area contributed by atoms with E-state index in [1.807, 2.05) is 6.92 Å². The summed E-state index contributed by atoms with van der Waals surface area (Å²) in [5.74, 6) is -0.485. The van der Waals surface area contributed by atoms with E-state index in [1.165, 1.54) is 55.6 Å². The summed E-state index contributed by atoms with van der Waals surface area (Å²) in [7, 11) is -2.79. The highest BCUT2D eigenvalue weighted by atomic mass is 32.2. The van der Waals surface area contributed by atoms with Crippen LogP contribution < -0.4 is 14.4 Å². The first kappa shape index (κ1) is 24.1. The van der Waals surface area contributed by atoms with Gasteiger partial charge >= 0.3 is 6.18 Å². The molecule has 0 saturated carbocycles. The molecule has 3 rings (SSSR count). The molecule has 0 bridgehead atoms. The number of ether oxygens (including phenoxy) is 1. The fraction of sp³-hybridized carbons (Fsp3) is 0.174. The number of anilines is 2. The standard InChI is InChI=1S/C23H21F3N2O4S/c1-16-7-9-17(10-8-16)28(33(30,31)19-13-11-18(32-2)12-14-19)15-22(29)27-21-6-4-3-5-20(21)23(24,25)26/h3-14H,15H2,1-2H3,(H,27,29). The molecule has 0 saturated heterocycles. The maximum absolute atomic E-state index is 13.4. The number of methoxy groups -OCH3 is 1. The minimum Gasteiger partial charge on any atom is -0.497 e. The normalized spacial score (nSPS) is 11.7. The Morgan fingerprint density at radius 3 is 2.15 bits per heavy atom. The fourth-order valence-electron chi connectivity index (χ4n) is 3.06. The van der Waals surface area contributed by atoms with E-state index in [0.29, 0.717) is 5.75 Å². The number of aryl methyl sites for hydroxylation is 1. The Labute approximate surface area is 189 Å². The van der Waals surface area contributed by atoms with Gasteiger partial charge in [-0.1, -0.05) is 29.8 Å². The van der Waals surface area contributed by atoms with E-state index in [1.54, 1.807) is 12.1 Å². The van der Waals surface area contributed by atoms with Gasteiger partial charge < -0.3 is 10.1 Å². The van der Waals surface area contributed by atoms with Crippen LogP contribution in [0.5, 0.6) is 5.75 Å². The number of sulfonamides is 1. The van der Waals surface area contributed by atoms with Crippen LogP contribution in [0.15, 0.2) is 77.7 Å². The lowest BCUT2D eigenvalue weighted by atomic mass is 10.1. The van der Waals surface area contributed by atoms with Crippen LogP contribution in [0.1, 0.15) is 11.1 Å². The summed E-state index contributed by atoms with van der Waals surface area (Å²) >= 11 is 0. The number of benzene rings is 3. The summed E-state index contributed by atoms with van der Waals surface area (Å²) in [4.78, 5) is 12.6. The summed E-state index contributed by atoms with van der Waals surface area (Å²) in [5.41, 5.74) is -0.432. The van der Waals surface area contributed by atoms with E-state index in [9.17, 15) is 26.4 Å². The van der Waals surface area contributed by atoms with Crippen LogP contribution in [0.3, 0.4) is 0 Å². The number of carbonyl (C=O) groups excluding carboxylic acids is 1. The van der Waals surface area contributed by atoms with Gasteiger partial charge in [0.2, 0.25) is 5.91 Å². The second kappa shape index (κ2) is 9.53. The second-order valence-corrected chi connectivity index (χ2v) is 8.98. The molecule has 0 aliphatic rings. The number of rotatable bonds is 7. The third-order valence-corrected chi connectivity index (χ3v) is 6.55. The Hall–Kier alpha value is -3.53. The molecular formula is C23H21F3N2O4S. The van der Waals surface area contributed by atoms with Gasteiger partial charge in [-0.15, -0.1) is 0 Å². The average Bonchev–Trinajstić information content (AvgIpc) is 2.78. The molecule has 0 fully saturated rings. The minimum absolute atomic E-state index is 0.104. The van der Waals surface area contributed by atoms with Crippen molar-refractivity contribution in [2.24, 2.45) is 0 Å². The lowest BCUT2D eigenvalue weighted by Gasteiger charge is -2.24. The molecule has 0 heterocycles. The molecule has 0 aliphatic heterocycles. The highest BCUT2D eigenvalue weighted by Crippen LogP contribution is 2.34. The number of hydrogen-bond acceptors (Lipinski definition) is 4. The van der Waals surface area contributed by atoms with Gasteiger partial charge in [-0.25, -0.2) is 8.42 Å². The number of hydrogen-bond donors (Lipinski definition) is 1. The topological polar surface area (TPSA) is 75.7 Å². The van der Waals surface area contributed by atoms with Gasteiger partial charge in [0.05, 0.1) is 28.9 Å². The zero-order valence-electron chi connectivity index (χ0n) is 17.8. The van der Waals surface area contributed by atoms with Gasteiger partial charge in [0.25, 0.3) is 10.0 Å². The monoisotopic (exact) mass is 478 g/mol. The number of amides is 1. The van der Waals surface area contributed by atoms with Crippen molar-refractivity contribution in [3.8, 4) is 5.75 Å². The quantitative estimate of drug-likeness (QED) is 0.527. The number of halogens is 3. The number of nitrogens with zero attached hydrogens (tertiary/aromatic N) is 1. The molecule has 6 nitrogen and oxygen atoms in total. The largest absolute Gasteiger partial charge is 0.497 e. The van der Waals surface area contributed by atoms with Gasteiger partial charge in [0, 0.05) is 0 Å². The molecule has 1 N–H and O–H groups in total. The predicted molar refractivity (Wildman–Crippen MR) is 119 cm³/mol. The Bertz CT molecular complexity index is 1230. The van der Waals surface area contributed by atoms with Crippen molar-refractivity contribution in [2.45, 2.75) is 18.0 Å². The Kier molecular flexibility index (Phi) is 6.97. The van der Waals surface area contributed by atoms with E-state index < -0.39 is 39.9 Å². The predicted octanol–water partition coefficient (Wildman–Crippen LogP) is 4.86. The van der Waals surface area contributed by atoms with Crippen LogP contribution in [-0.2, 0) is 21.0 Å². The molecule has 174 valence electrons. The van der Waals surface area contributed by atoms with Gasteiger partial charge in [0.15, 0.2) is 0 Å². The van der Waals surface area contributed by atoms with Crippen molar-refractivity contribution < 1.29 is 31.1 Å². The smallest absolute Gasteiger partial charge is 0.418 e. The van der Waals surface area contributed by atoms with E-state index in [0.717, 1.165) is 22.0 Å². The summed E-state index contributed by atoms with van der Waals surface area (Å²) in [6.07, 6.45) is -4.68.